The Labute approximate surface area is 148 Å². The van der Waals surface area contributed by atoms with Crippen molar-refractivity contribution in [3.8, 4) is 11.5 Å². The van der Waals surface area contributed by atoms with Crippen molar-refractivity contribution in [2.45, 2.75) is 19.3 Å². The van der Waals surface area contributed by atoms with E-state index in [1.165, 1.54) is 0 Å². The van der Waals surface area contributed by atoms with Gasteiger partial charge in [-0.25, -0.2) is 0 Å². The van der Waals surface area contributed by atoms with Crippen LogP contribution in [0.15, 0.2) is 48.8 Å². The lowest BCUT2D eigenvalue weighted by Crippen LogP contribution is -2.42. The number of pyridine rings is 1. The molecule has 0 bridgehead atoms. The number of likely N-dealkylation sites (tertiary alicyclic amines) is 1. The number of nitrogens with zero attached hydrogens (tertiary/aromatic N) is 2. The summed E-state index contributed by atoms with van der Waals surface area (Å²) in [6, 6.07) is 11.4. The Bertz CT molecular complexity index is 673. The van der Waals surface area contributed by atoms with Gasteiger partial charge in [-0.2, -0.15) is 0 Å². The molecule has 1 aromatic carbocycles. The SMILES string of the molecule is COc1ccc(OC[C@H]2CCCN(C(=O)Cc3cccnc3)C2)cc1. The van der Waals surface area contributed by atoms with Gasteiger partial charge in [0.1, 0.15) is 11.5 Å². The summed E-state index contributed by atoms with van der Waals surface area (Å²) in [5.41, 5.74) is 0.962. The first kappa shape index (κ1) is 17.3. The zero-order valence-electron chi connectivity index (χ0n) is 14.6. The van der Waals surface area contributed by atoms with Crippen LogP contribution in [0.4, 0.5) is 0 Å². The first-order valence-corrected chi connectivity index (χ1v) is 8.68. The maximum Gasteiger partial charge on any atom is 0.227 e. The van der Waals surface area contributed by atoms with Crippen LogP contribution in [0.25, 0.3) is 0 Å². The quantitative estimate of drug-likeness (QED) is 0.811. The number of benzene rings is 1. The molecule has 25 heavy (non-hydrogen) atoms. The summed E-state index contributed by atoms with van der Waals surface area (Å²) in [4.78, 5) is 18.5. The number of carbonyl (C=O) groups excluding carboxylic acids is 1. The van der Waals surface area contributed by atoms with Crippen LogP contribution in [0, 0.1) is 5.92 Å². The minimum Gasteiger partial charge on any atom is -0.497 e. The number of carbonyl (C=O) groups is 1. The van der Waals surface area contributed by atoms with Gasteiger partial charge in [0, 0.05) is 31.4 Å². The number of ether oxygens (including phenoxy) is 2. The van der Waals surface area contributed by atoms with Crippen LogP contribution in [0.1, 0.15) is 18.4 Å². The van der Waals surface area contributed by atoms with Crippen LogP contribution in [0.3, 0.4) is 0 Å². The zero-order chi connectivity index (χ0) is 17.5. The van der Waals surface area contributed by atoms with E-state index in [0.29, 0.717) is 18.9 Å². The van der Waals surface area contributed by atoms with Crippen LogP contribution in [-0.4, -0.2) is 42.6 Å². The maximum atomic E-state index is 12.5. The summed E-state index contributed by atoms with van der Waals surface area (Å²) in [6.45, 7) is 2.22. The highest BCUT2D eigenvalue weighted by molar-refractivity contribution is 5.78. The molecular formula is C20H24N2O3. The van der Waals surface area contributed by atoms with Crippen molar-refractivity contribution < 1.29 is 14.3 Å². The molecule has 1 aromatic heterocycles. The molecule has 1 aliphatic rings. The average molecular weight is 340 g/mol. The van der Waals surface area contributed by atoms with E-state index in [1.54, 1.807) is 19.5 Å². The second-order valence-electron chi connectivity index (χ2n) is 6.37. The highest BCUT2D eigenvalue weighted by Crippen LogP contribution is 2.21. The van der Waals surface area contributed by atoms with Crippen molar-refractivity contribution in [3.05, 3.63) is 54.4 Å². The topological polar surface area (TPSA) is 51.7 Å². The molecule has 0 N–H and O–H groups in total. The fourth-order valence-electron chi connectivity index (χ4n) is 3.10. The summed E-state index contributed by atoms with van der Waals surface area (Å²) < 4.78 is 11.0. The number of hydrogen-bond donors (Lipinski definition) is 0. The van der Waals surface area contributed by atoms with Crippen LogP contribution in [0.5, 0.6) is 11.5 Å². The Morgan fingerprint density at radius 3 is 2.76 bits per heavy atom. The molecule has 5 nitrogen and oxygen atoms in total. The summed E-state index contributed by atoms with van der Waals surface area (Å²) in [5.74, 6) is 2.19. The van der Waals surface area contributed by atoms with E-state index in [1.807, 2.05) is 41.3 Å². The van der Waals surface area contributed by atoms with Crippen molar-refractivity contribution in [1.29, 1.82) is 0 Å². The zero-order valence-corrected chi connectivity index (χ0v) is 14.6. The normalized spacial score (nSPS) is 17.2. The molecule has 0 aliphatic carbocycles. The molecule has 2 heterocycles. The molecule has 0 radical (unpaired) electrons. The van der Waals surface area contributed by atoms with Gasteiger partial charge in [0.15, 0.2) is 0 Å². The molecule has 5 heteroatoms. The first-order chi connectivity index (χ1) is 12.2. The van der Waals surface area contributed by atoms with E-state index in [-0.39, 0.29) is 5.91 Å². The van der Waals surface area contributed by atoms with Crippen molar-refractivity contribution >= 4 is 5.91 Å². The molecule has 1 amide bonds. The maximum absolute atomic E-state index is 12.5. The Morgan fingerprint density at radius 2 is 2.04 bits per heavy atom. The molecule has 2 aromatic rings. The second-order valence-corrected chi connectivity index (χ2v) is 6.37. The molecule has 0 saturated carbocycles. The predicted octanol–water partition coefficient (Wildman–Crippen LogP) is 2.95. The molecule has 1 fully saturated rings. The van der Waals surface area contributed by atoms with Gasteiger partial charge in [0.2, 0.25) is 5.91 Å². The van der Waals surface area contributed by atoms with E-state index in [9.17, 15) is 4.79 Å². The molecule has 132 valence electrons. The van der Waals surface area contributed by atoms with Gasteiger partial charge in [-0.1, -0.05) is 6.07 Å². The van der Waals surface area contributed by atoms with E-state index >= 15 is 0 Å². The van der Waals surface area contributed by atoms with Gasteiger partial charge in [-0.15, -0.1) is 0 Å². The predicted molar refractivity (Wildman–Crippen MR) is 95.7 cm³/mol. The van der Waals surface area contributed by atoms with Crippen molar-refractivity contribution in [2.24, 2.45) is 5.92 Å². The smallest absolute Gasteiger partial charge is 0.227 e. The summed E-state index contributed by atoms with van der Waals surface area (Å²) in [5, 5.41) is 0. The lowest BCUT2D eigenvalue weighted by molar-refractivity contribution is -0.132. The fourth-order valence-corrected chi connectivity index (χ4v) is 3.10. The standard InChI is InChI=1S/C20H24N2O3/c1-24-18-6-8-19(9-7-18)25-15-17-5-3-11-22(14-17)20(23)12-16-4-2-10-21-13-16/h2,4,6-10,13,17H,3,5,11-12,14-15H2,1H3/t17-/m0/s1. The molecule has 1 atom stereocenters. The second kappa shape index (κ2) is 8.51. The number of aromatic nitrogens is 1. The van der Waals surface area contributed by atoms with E-state index in [0.717, 1.165) is 43.0 Å². The minimum absolute atomic E-state index is 0.169. The van der Waals surface area contributed by atoms with Gasteiger partial charge >= 0.3 is 0 Å². The Kier molecular flexibility index (Phi) is 5.88. The van der Waals surface area contributed by atoms with Crippen molar-refractivity contribution in [3.63, 3.8) is 0 Å². The van der Waals surface area contributed by atoms with Crippen LogP contribution >= 0.6 is 0 Å². The average Bonchev–Trinajstić information content (AvgIpc) is 2.68. The third-order valence-corrected chi connectivity index (χ3v) is 4.49. The first-order valence-electron chi connectivity index (χ1n) is 8.68. The van der Waals surface area contributed by atoms with Crippen molar-refractivity contribution in [2.75, 3.05) is 26.8 Å². The van der Waals surface area contributed by atoms with Gasteiger partial charge in [0.25, 0.3) is 0 Å². The highest BCUT2D eigenvalue weighted by atomic mass is 16.5. The van der Waals surface area contributed by atoms with Crippen LogP contribution in [-0.2, 0) is 11.2 Å². The summed E-state index contributed by atoms with van der Waals surface area (Å²) in [7, 11) is 1.65. The van der Waals surface area contributed by atoms with Gasteiger partial charge in [0.05, 0.1) is 20.1 Å². The third kappa shape index (κ3) is 4.95. The summed E-state index contributed by atoms with van der Waals surface area (Å²) in [6.07, 6.45) is 6.01. The lowest BCUT2D eigenvalue weighted by Gasteiger charge is -2.32. The molecular weight excluding hydrogens is 316 g/mol. The highest BCUT2D eigenvalue weighted by Gasteiger charge is 2.24. The van der Waals surface area contributed by atoms with E-state index < -0.39 is 0 Å². The molecule has 1 saturated heterocycles. The molecule has 0 spiro atoms. The Morgan fingerprint density at radius 1 is 1.24 bits per heavy atom. The number of amides is 1. The van der Waals surface area contributed by atoms with Gasteiger partial charge < -0.3 is 14.4 Å². The van der Waals surface area contributed by atoms with Crippen molar-refractivity contribution in [1.82, 2.24) is 9.88 Å². The summed E-state index contributed by atoms with van der Waals surface area (Å²) >= 11 is 0. The number of hydrogen-bond acceptors (Lipinski definition) is 4. The fraction of sp³-hybridized carbons (Fsp3) is 0.400. The van der Waals surface area contributed by atoms with E-state index in [4.69, 9.17) is 9.47 Å². The third-order valence-electron chi connectivity index (χ3n) is 4.49. The van der Waals surface area contributed by atoms with Gasteiger partial charge in [-0.05, 0) is 48.7 Å². The largest absolute Gasteiger partial charge is 0.497 e. The molecule has 1 aliphatic heterocycles. The minimum atomic E-state index is 0.169. The molecule has 3 rings (SSSR count). The number of methoxy groups -OCH3 is 1. The van der Waals surface area contributed by atoms with E-state index in [2.05, 4.69) is 4.98 Å². The van der Waals surface area contributed by atoms with Crippen LogP contribution < -0.4 is 9.47 Å². The Balaban J connectivity index is 1.49. The number of piperidine rings is 1. The Hall–Kier alpha value is -2.56. The monoisotopic (exact) mass is 340 g/mol. The lowest BCUT2D eigenvalue weighted by atomic mass is 9.98. The number of rotatable bonds is 6. The van der Waals surface area contributed by atoms with Gasteiger partial charge in [-0.3, -0.25) is 9.78 Å². The molecule has 0 unspecified atom stereocenters. The van der Waals surface area contributed by atoms with Crippen LogP contribution in [0.2, 0.25) is 0 Å².